The van der Waals surface area contributed by atoms with Crippen molar-refractivity contribution in [2.45, 2.75) is 6.29 Å². The van der Waals surface area contributed by atoms with Crippen molar-refractivity contribution < 1.29 is 4.74 Å². The second-order valence-corrected chi connectivity index (χ2v) is 2.65. The van der Waals surface area contributed by atoms with E-state index in [0.29, 0.717) is 0 Å². The Kier molecular flexibility index (Phi) is 1.55. The lowest BCUT2D eigenvalue weighted by molar-refractivity contribution is 0.417. The summed E-state index contributed by atoms with van der Waals surface area (Å²) in [7, 11) is 1.64. The highest BCUT2D eigenvalue weighted by molar-refractivity contribution is 5.79. The van der Waals surface area contributed by atoms with E-state index in [0.717, 1.165) is 17.1 Å². The predicted molar refractivity (Wildman–Crippen MR) is 48.2 cm³/mol. The maximum atomic E-state index is 5.63. The van der Waals surface area contributed by atoms with Gasteiger partial charge in [-0.25, -0.2) is 0 Å². The van der Waals surface area contributed by atoms with Gasteiger partial charge in [0.05, 0.1) is 12.8 Å². The molecule has 0 amide bonds. The third-order valence-corrected chi connectivity index (χ3v) is 1.86. The highest BCUT2D eigenvalue weighted by Gasteiger charge is 2.18. The van der Waals surface area contributed by atoms with Crippen LogP contribution in [0, 0.1) is 0 Å². The molecular weight excluding hydrogens is 154 g/mol. The summed E-state index contributed by atoms with van der Waals surface area (Å²) in [5, 5.41) is 6.12. The molecule has 64 valence electrons. The highest BCUT2D eigenvalue weighted by Crippen LogP contribution is 2.36. The second-order valence-electron chi connectivity index (χ2n) is 2.65. The first kappa shape index (κ1) is 7.24. The minimum atomic E-state index is -0.212. The molecule has 1 unspecified atom stereocenters. The van der Waals surface area contributed by atoms with Crippen LogP contribution in [0.1, 0.15) is 0 Å². The van der Waals surface area contributed by atoms with E-state index in [1.54, 1.807) is 7.11 Å². The molecule has 12 heavy (non-hydrogen) atoms. The summed E-state index contributed by atoms with van der Waals surface area (Å²) >= 11 is 0. The second kappa shape index (κ2) is 2.57. The molecular formula is C8H11N3O. The molecule has 1 aromatic carbocycles. The number of nitrogens with two attached hydrogens (primary N) is 1. The van der Waals surface area contributed by atoms with Crippen LogP contribution >= 0.6 is 0 Å². The van der Waals surface area contributed by atoms with E-state index in [2.05, 4.69) is 10.6 Å². The Labute approximate surface area is 70.7 Å². The Morgan fingerprint density at radius 1 is 1.42 bits per heavy atom. The van der Waals surface area contributed by atoms with Gasteiger partial charge < -0.3 is 15.4 Å². The maximum absolute atomic E-state index is 5.63. The third kappa shape index (κ3) is 0.967. The van der Waals surface area contributed by atoms with Gasteiger partial charge in [0.1, 0.15) is 11.4 Å². The van der Waals surface area contributed by atoms with Crippen LogP contribution in [-0.4, -0.2) is 13.4 Å². The number of methoxy groups -OCH3 is 1. The zero-order valence-electron chi connectivity index (χ0n) is 6.79. The van der Waals surface area contributed by atoms with Gasteiger partial charge in [0.15, 0.2) is 6.29 Å². The fraction of sp³-hybridized carbons (Fsp3) is 0.250. The molecule has 4 N–H and O–H groups in total. The lowest BCUT2D eigenvalue weighted by Crippen LogP contribution is -2.32. The molecule has 1 aromatic rings. The van der Waals surface area contributed by atoms with Crippen molar-refractivity contribution in [1.29, 1.82) is 0 Å². The van der Waals surface area contributed by atoms with Crippen LogP contribution < -0.4 is 21.1 Å². The Hall–Kier alpha value is -1.42. The number of ether oxygens (including phenoxy) is 1. The number of nitrogens with one attached hydrogen (secondary N) is 2. The van der Waals surface area contributed by atoms with Crippen LogP contribution in [0.4, 0.5) is 11.4 Å². The van der Waals surface area contributed by atoms with Crippen molar-refractivity contribution in [1.82, 2.24) is 0 Å². The monoisotopic (exact) mass is 165 g/mol. The summed E-state index contributed by atoms with van der Waals surface area (Å²) in [6.45, 7) is 0. The number of hydrogen-bond donors (Lipinski definition) is 3. The summed E-state index contributed by atoms with van der Waals surface area (Å²) in [6.07, 6.45) is -0.212. The van der Waals surface area contributed by atoms with E-state index in [9.17, 15) is 0 Å². The summed E-state index contributed by atoms with van der Waals surface area (Å²) in [4.78, 5) is 0. The highest BCUT2D eigenvalue weighted by atomic mass is 16.5. The average molecular weight is 165 g/mol. The number of para-hydroxylation sites is 1. The van der Waals surface area contributed by atoms with Crippen molar-refractivity contribution in [2.24, 2.45) is 5.73 Å². The Morgan fingerprint density at radius 3 is 3.00 bits per heavy atom. The van der Waals surface area contributed by atoms with Gasteiger partial charge in [-0.1, -0.05) is 6.07 Å². The van der Waals surface area contributed by atoms with Gasteiger partial charge in [0.25, 0.3) is 0 Å². The van der Waals surface area contributed by atoms with Crippen LogP contribution in [0.5, 0.6) is 5.75 Å². The molecule has 0 saturated heterocycles. The van der Waals surface area contributed by atoms with Gasteiger partial charge in [-0.3, -0.25) is 5.73 Å². The van der Waals surface area contributed by atoms with Crippen molar-refractivity contribution in [3.63, 3.8) is 0 Å². The summed E-state index contributed by atoms with van der Waals surface area (Å²) in [5.41, 5.74) is 7.56. The molecule has 1 atom stereocenters. The molecule has 0 fully saturated rings. The standard InChI is InChI=1S/C8H11N3O/c1-12-6-4-2-3-5-7(6)11-8(9)10-5/h2-4,8,10-11H,9H2,1H3. The van der Waals surface area contributed by atoms with Crippen molar-refractivity contribution >= 4 is 11.4 Å². The normalized spacial score (nSPS) is 19.3. The lowest BCUT2D eigenvalue weighted by Gasteiger charge is -2.05. The Morgan fingerprint density at radius 2 is 2.25 bits per heavy atom. The van der Waals surface area contributed by atoms with Gasteiger partial charge in [-0.15, -0.1) is 0 Å². The van der Waals surface area contributed by atoms with Gasteiger partial charge in [-0.2, -0.15) is 0 Å². The summed E-state index contributed by atoms with van der Waals surface area (Å²) in [5.74, 6) is 0.813. The smallest absolute Gasteiger partial charge is 0.150 e. The Bertz CT molecular complexity index is 300. The van der Waals surface area contributed by atoms with E-state index in [4.69, 9.17) is 10.5 Å². The first-order chi connectivity index (χ1) is 5.81. The number of fused-ring (bicyclic) bond motifs is 1. The number of rotatable bonds is 1. The number of anilines is 2. The topological polar surface area (TPSA) is 59.3 Å². The number of benzene rings is 1. The van der Waals surface area contributed by atoms with E-state index in [1.807, 2.05) is 18.2 Å². The third-order valence-electron chi connectivity index (χ3n) is 1.86. The minimum Gasteiger partial charge on any atom is -0.495 e. The van der Waals surface area contributed by atoms with Gasteiger partial charge in [-0.05, 0) is 12.1 Å². The van der Waals surface area contributed by atoms with E-state index < -0.39 is 0 Å². The van der Waals surface area contributed by atoms with Crippen molar-refractivity contribution in [3.8, 4) is 5.75 Å². The molecule has 0 aliphatic carbocycles. The molecule has 2 rings (SSSR count). The van der Waals surface area contributed by atoms with Crippen LogP contribution in [0.2, 0.25) is 0 Å². The maximum Gasteiger partial charge on any atom is 0.150 e. The molecule has 1 heterocycles. The average Bonchev–Trinajstić information content (AvgIpc) is 2.44. The molecule has 0 saturated carbocycles. The number of hydrogen-bond acceptors (Lipinski definition) is 4. The molecule has 0 spiro atoms. The van der Waals surface area contributed by atoms with Gasteiger partial charge in [0, 0.05) is 0 Å². The zero-order chi connectivity index (χ0) is 8.55. The van der Waals surface area contributed by atoms with E-state index >= 15 is 0 Å². The Balaban J connectivity index is 2.44. The molecule has 1 aliphatic rings. The fourth-order valence-electron chi connectivity index (χ4n) is 1.33. The molecule has 4 nitrogen and oxygen atoms in total. The molecule has 4 heteroatoms. The van der Waals surface area contributed by atoms with Crippen LogP contribution in [0.25, 0.3) is 0 Å². The van der Waals surface area contributed by atoms with E-state index in [-0.39, 0.29) is 6.29 Å². The van der Waals surface area contributed by atoms with Crippen molar-refractivity contribution in [2.75, 3.05) is 17.7 Å². The van der Waals surface area contributed by atoms with Crippen LogP contribution in [0.15, 0.2) is 18.2 Å². The predicted octanol–water partition coefficient (Wildman–Crippen LogP) is 0.775. The fourth-order valence-corrected chi connectivity index (χ4v) is 1.33. The van der Waals surface area contributed by atoms with Crippen molar-refractivity contribution in [3.05, 3.63) is 18.2 Å². The summed E-state index contributed by atoms with van der Waals surface area (Å²) < 4.78 is 5.15. The van der Waals surface area contributed by atoms with E-state index in [1.165, 1.54) is 0 Å². The minimum absolute atomic E-state index is 0.212. The SMILES string of the molecule is COc1cccc2c1NC(N)N2. The first-order valence-corrected chi connectivity index (χ1v) is 3.77. The molecule has 0 aromatic heterocycles. The quantitative estimate of drug-likeness (QED) is 0.575. The van der Waals surface area contributed by atoms with Gasteiger partial charge in [0.2, 0.25) is 0 Å². The van der Waals surface area contributed by atoms with Crippen LogP contribution in [0.3, 0.4) is 0 Å². The van der Waals surface area contributed by atoms with Crippen LogP contribution in [-0.2, 0) is 0 Å². The zero-order valence-corrected chi connectivity index (χ0v) is 6.79. The molecule has 0 radical (unpaired) electrons. The van der Waals surface area contributed by atoms with Gasteiger partial charge >= 0.3 is 0 Å². The molecule has 1 aliphatic heterocycles. The molecule has 0 bridgehead atoms. The summed E-state index contributed by atoms with van der Waals surface area (Å²) in [6, 6.07) is 5.77. The lowest BCUT2D eigenvalue weighted by atomic mass is 10.2. The first-order valence-electron chi connectivity index (χ1n) is 3.77. The largest absolute Gasteiger partial charge is 0.495 e.